The molecule has 2 aromatic carbocycles. The average Bonchev–Trinajstić information content (AvgIpc) is 2.96. The molecule has 0 bridgehead atoms. The molecule has 0 aliphatic heterocycles. The summed E-state index contributed by atoms with van der Waals surface area (Å²) in [4.78, 5) is 43.0. The summed E-state index contributed by atoms with van der Waals surface area (Å²) < 4.78 is 9.64. The Bertz CT molecular complexity index is 930. The summed E-state index contributed by atoms with van der Waals surface area (Å²) in [6.07, 6.45) is 0.782. The number of carboxylic acids is 1. The fraction of sp³-hybridized carbons (Fsp3) is 0.448. The molecular formula is C29H45N5O7. The standard InChI is InChI=1S/2C11H16N2O2.C7H13NO3/c2*1-15-8-10(12)11(14)13-7-9-5-3-2-4-6-9;1-5(2)3-6(7(10)11)8-4-9/h2*2-6,10H,7-8,12H2,1H3,(H,13,14);4-6H,3H2,1-2H3,(H,8,9)(H,10,11)/t10-;;6-/m1.0/s1. The van der Waals surface area contributed by atoms with E-state index in [4.69, 9.17) is 15.2 Å². The maximum absolute atomic E-state index is 11.5. The van der Waals surface area contributed by atoms with Crippen LogP contribution in [0.25, 0.3) is 0 Å². The van der Waals surface area contributed by atoms with E-state index in [2.05, 4.69) is 21.7 Å². The Morgan fingerprint density at radius 3 is 1.73 bits per heavy atom. The second kappa shape index (κ2) is 22.9. The van der Waals surface area contributed by atoms with Crippen molar-refractivity contribution in [1.82, 2.24) is 16.0 Å². The summed E-state index contributed by atoms with van der Waals surface area (Å²) in [5.41, 5.74) is 11.4. The van der Waals surface area contributed by atoms with Crippen LogP contribution in [0.15, 0.2) is 60.7 Å². The molecule has 0 radical (unpaired) electrons. The summed E-state index contributed by atoms with van der Waals surface area (Å²) in [6, 6.07) is 17.6. The Labute approximate surface area is 242 Å². The molecule has 41 heavy (non-hydrogen) atoms. The van der Waals surface area contributed by atoms with E-state index >= 15 is 0 Å². The average molecular weight is 576 g/mol. The van der Waals surface area contributed by atoms with Crippen LogP contribution in [-0.2, 0) is 41.7 Å². The van der Waals surface area contributed by atoms with Crippen LogP contribution < -0.4 is 32.5 Å². The highest BCUT2D eigenvalue weighted by atomic mass is 16.5. The van der Waals surface area contributed by atoms with Crippen molar-refractivity contribution in [2.45, 2.75) is 51.5 Å². The van der Waals surface area contributed by atoms with Gasteiger partial charge in [0.05, 0.1) is 18.6 Å². The molecule has 0 aliphatic rings. The topological polar surface area (TPSA) is 200 Å². The number of aliphatic carboxylic acids is 1. The summed E-state index contributed by atoms with van der Waals surface area (Å²) in [6.45, 7) is 5.37. The quantitative estimate of drug-likeness (QED) is 0.162. The molecular weight excluding hydrogens is 530 g/mol. The molecule has 3 amide bonds. The highest BCUT2D eigenvalue weighted by Gasteiger charge is 2.16. The van der Waals surface area contributed by atoms with E-state index in [1.54, 1.807) is 7.11 Å². The second-order valence-corrected chi connectivity index (χ2v) is 9.41. The largest absolute Gasteiger partial charge is 0.548 e. The van der Waals surface area contributed by atoms with Gasteiger partial charge in [-0.15, -0.1) is 0 Å². The number of methoxy groups -OCH3 is 2. The van der Waals surface area contributed by atoms with Crippen molar-refractivity contribution in [3.8, 4) is 0 Å². The number of hydrogen-bond acceptors (Lipinski definition) is 8. The summed E-state index contributed by atoms with van der Waals surface area (Å²) in [5, 5.41) is 18.0. The molecule has 2 rings (SSSR count). The predicted molar refractivity (Wildman–Crippen MR) is 152 cm³/mol. The number of quaternary nitrogens is 1. The van der Waals surface area contributed by atoms with Gasteiger partial charge in [0.25, 0.3) is 5.91 Å². The van der Waals surface area contributed by atoms with Crippen LogP contribution in [0, 0.1) is 5.92 Å². The van der Waals surface area contributed by atoms with Crippen molar-refractivity contribution in [2.75, 3.05) is 27.4 Å². The first-order valence-electron chi connectivity index (χ1n) is 13.2. The molecule has 8 N–H and O–H groups in total. The number of carbonyl (C=O) groups is 4. The Kier molecular flexibility index (Phi) is 20.8. The number of nitrogens with one attached hydrogen (secondary N) is 3. The molecule has 3 atom stereocenters. The monoisotopic (exact) mass is 575 g/mol. The van der Waals surface area contributed by atoms with Gasteiger partial charge in [0, 0.05) is 27.3 Å². The summed E-state index contributed by atoms with van der Waals surface area (Å²) >= 11 is 0. The van der Waals surface area contributed by atoms with E-state index in [1.165, 1.54) is 7.11 Å². The van der Waals surface area contributed by atoms with Crippen LogP contribution >= 0.6 is 0 Å². The van der Waals surface area contributed by atoms with Crippen molar-refractivity contribution in [2.24, 2.45) is 11.7 Å². The van der Waals surface area contributed by atoms with E-state index in [1.807, 2.05) is 74.5 Å². The minimum atomic E-state index is -1.23. The third kappa shape index (κ3) is 19.0. The van der Waals surface area contributed by atoms with E-state index in [0.717, 1.165) is 11.1 Å². The van der Waals surface area contributed by atoms with E-state index < -0.39 is 18.1 Å². The van der Waals surface area contributed by atoms with Crippen LogP contribution in [0.5, 0.6) is 0 Å². The fourth-order valence-electron chi connectivity index (χ4n) is 3.16. The first kappa shape index (κ1) is 37.2. The van der Waals surface area contributed by atoms with Gasteiger partial charge >= 0.3 is 0 Å². The van der Waals surface area contributed by atoms with Gasteiger partial charge in [0.1, 0.15) is 12.6 Å². The molecule has 12 heteroatoms. The number of carbonyl (C=O) groups excluding carboxylic acids is 4. The lowest BCUT2D eigenvalue weighted by atomic mass is 10.0. The number of benzene rings is 2. The maximum atomic E-state index is 11.5. The number of ether oxygens (including phenoxy) is 2. The van der Waals surface area contributed by atoms with E-state index in [-0.39, 0.29) is 30.4 Å². The van der Waals surface area contributed by atoms with Gasteiger partial charge in [-0.2, -0.15) is 0 Å². The zero-order chi connectivity index (χ0) is 31.0. The summed E-state index contributed by atoms with van der Waals surface area (Å²) in [5.74, 6) is -1.28. The number of carboxylic acid groups (broad SMARTS) is 1. The van der Waals surface area contributed by atoms with Crippen LogP contribution in [0.2, 0.25) is 0 Å². The molecule has 0 aromatic heterocycles. The molecule has 0 fully saturated rings. The second-order valence-electron chi connectivity index (χ2n) is 9.41. The Morgan fingerprint density at radius 1 is 0.878 bits per heavy atom. The maximum Gasteiger partial charge on any atom is 0.280 e. The molecule has 2 aromatic rings. The smallest absolute Gasteiger partial charge is 0.280 e. The molecule has 0 saturated heterocycles. The van der Waals surface area contributed by atoms with E-state index in [9.17, 15) is 24.3 Å². The molecule has 0 saturated carbocycles. The molecule has 12 nitrogen and oxygen atoms in total. The van der Waals surface area contributed by atoms with Crippen LogP contribution in [0.1, 0.15) is 31.4 Å². The Hall–Kier alpha value is -3.84. The van der Waals surface area contributed by atoms with Crippen LogP contribution in [-0.4, -0.2) is 69.8 Å². The lowest BCUT2D eigenvalue weighted by molar-refractivity contribution is -0.409. The highest BCUT2D eigenvalue weighted by Crippen LogP contribution is 2.03. The number of hydrogen-bond donors (Lipinski definition) is 5. The zero-order valence-electron chi connectivity index (χ0n) is 24.3. The number of rotatable bonds is 15. The first-order chi connectivity index (χ1) is 19.5. The molecule has 1 unspecified atom stereocenters. The summed E-state index contributed by atoms with van der Waals surface area (Å²) in [7, 11) is 3.08. The molecule has 228 valence electrons. The minimum Gasteiger partial charge on any atom is -0.548 e. The third-order valence-electron chi connectivity index (χ3n) is 5.30. The van der Waals surface area contributed by atoms with Crippen molar-refractivity contribution in [3.63, 3.8) is 0 Å². The number of nitrogens with two attached hydrogens (primary N) is 1. The van der Waals surface area contributed by atoms with Gasteiger partial charge in [-0.05, 0) is 23.5 Å². The SMILES string of the molecule is CC(C)C[C@H](NC=O)C(=O)[O-].COCC(N)C(=O)NCc1ccccc1.COC[C@@H]([NH3+])C(=O)NCc1ccccc1. The third-order valence-corrected chi connectivity index (χ3v) is 5.30. The van der Waals surface area contributed by atoms with Gasteiger partial charge < -0.3 is 46.8 Å². The normalized spacial score (nSPS) is 12.3. The molecule has 0 aliphatic carbocycles. The number of amides is 3. The lowest BCUT2D eigenvalue weighted by Crippen LogP contribution is -2.69. The molecule has 0 heterocycles. The van der Waals surface area contributed by atoms with Gasteiger partial charge in [-0.3, -0.25) is 14.4 Å². The van der Waals surface area contributed by atoms with Crippen molar-refractivity contribution < 1.29 is 39.5 Å². The Balaban J connectivity index is 0.000000595. The van der Waals surface area contributed by atoms with Crippen molar-refractivity contribution >= 4 is 24.2 Å². The van der Waals surface area contributed by atoms with Gasteiger partial charge in [0.15, 0.2) is 6.04 Å². The van der Waals surface area contributed by atoms with E-state index in [0.29, 0.717) is 32.5 Å². The minimum absolute atomic E-state index is 0.0827. The highest BCUT2D eigenvalue weighted by molar-refractivity contribution is 5.81. The van der Waals surface area contributed by atoms with Gasteiger partial charge in [0.2, 0.25) is 12.3 Å². The predicted octanol–water partition coefficient (Wildman–Crippen LogP) is -1.27. The zero-order valence-corrected chi connectivity index (χ0v) is 24.3. The van der Waals surface area contributed by atoms with Gasteiger partial charge in [-0.1, -0.05) is 74.5 Å². The molecule has 0 spiro atoms. The van der Waals surface area contributed by atoms with Gasteiger partial charge in [-0.25, -0.2) is 0 Å². The first-order valence-corrected chi connectivity index (χ1v) is 13.2. The fourth-order valence-corrected chi connectivity index (χ4v) is 3.16. The lowest BCUT2D eigenvalue weighted by Gasteiger charge is -2.18. The van der Waals surface area contributed by atoms with Crippen molar-refractivity contribution in [1.29, 1.82) is 0 Å². The van der Waals surface area contributed by atoms with Crippen LogP contribution in [0.4, 0.5) is 0 Å². The Morgan fingerprint density at radius 2 is 1.34 bits per heavy atom. The van der Waals surface area contributed by atoms with Crippen molar-refractivity contribution in [3.05, 3.63) is 71.8 Å². The van der Waals surface area contributed by atoms with Crippen LogP contribution in [0.3, 0.4) is 0 Å².